The van der Waals surface area contributed by atoms with E-state index < -0.39 is 0 Å². The van der Waals surface area contributed by atoms with Crippen LogP contribution in [0.1, 0.15) is 26.2 Å². The van der Waals surface area contributed by atoms with Gasteiger partial charge in [-0.1, -0.05) is 6.92 Å². The Kier molecular flexibility index (Phi) is 5.27. The Morgan fingerprint density at radius 3 is 3.28 bits per heavy atom. The van der Waals surface area contributed by atoms with Gasteiger partial charge in [-0.2, -0.15) is 0 Å². The van der Waals surface area contributed by atoms with Crippen LogP contribution in [0.3, 0.4) is 0 Å². The van der Waals surface area contributed by atoms with Crippen molar-refractivity contribution in [2.24, 2.45) is 5.92 Å². The average molecular weight is 250 g/mol. The maximum Gasteiger partial charge on any atom is 0.168 e. The van der Waals surface area contributed by atoms with Crippen LogP contribution in [0.4, 0.5) is 5.82 Å². The first-order valence-electron chi connectivity index (χ1n) is 6.79. The predicted molar refractivity (Wildman–Crippen MR) is 72.1 cm³/mol. The van der Waals surface area contributed by atoms with E-state index in [1.165, 1.54) is 6.42 Å². The third-order valence-electron chi connectivity index (χ3n) is 3.05. The minimum absolute atomic E-state index is 0.583. The molecule has 1 aromatic rings. The standard InChI is InChI=1S/C14H22N2O2/c1-2-8-18-13-6-3-7-15-14(13)16-10-12-5-4-9-17-11-12/h3,6-7,12H,2,4-5,8-11H2,1H3,(H,15,16). The molecule has 4 nitrogen and oxygen atoms in total. The van der Waals surface area contributed by atoms with Crippen molar-refractivity contribution in [3.63, 3.8) is 0 Å². The van der Waals surface area contributed by atoms with E-state index in [9.17, 15) is 0 Å². The van der Waals surface area contributed by atoms with Gasteiger partial charge in [-0.15, -0.1) is 0 Å². The Bertz CT molecular complexity index is 351. The second-order valence-electron chi connectivity index (χ2n) is 4.66. The molecular weight excluding hydrogens is 228 g/mol. The molecule has 0 radical (unpaired) electrons. The zero-order valence-corrected chi connectivity index (χ0v) is 11.0. The van der Waals surface area contributed by atoms with Crippen LogP contribution in [0.2, 0.25) is 0 Å². The van der Waals surface area contributed by atoms with Crippen molar-refractivity contribution in [2.75, 3.05) is 31.7 Å². The lowest BCUT2D eigenvalue weighted by atomic mass is 10.0. The molecule has 1 atom stereocenters. The number of nitrogens with zero attached hydrogens (tertiary/aromatic N) is 1. The van der Waals surface area contributed by atoms with Gasteiger partial charge in [-0.05, 0) is 37.3 Å². The van der Waals surface area contributed by atoms with Gasteiger partial charge >= 0.3 is 0 Å². The molecule has 1 aromatic heterocycles. The van der Waals surface area contributed by atoms with Gasteiger partial charge in [0.1, 0.15) is 0 Å². The molecule has 1 aliphatic rings. The smallest absolute Gasteiger partial charge is 0.168 e. The summed E-state index contributed by atoms with van der Waals surface area (Å²) in [5.74, 6) is 2.27. The topological polar surface area (TPSA) is 43.4 Å². The molecule has 1 aliphatic heterocycles. The first-order valence-corrected chi connectivity index (χ1v) is 6.79. The number of nitrogens with one attached hydrogen (secondary N) is 1. The molecule has 0 aliphatic carbocycles. The Hall–Kier alpha value is -1.29. The Morgan fingerprint density at radius 1 is 1.56 bits per heavy atom. The van der Waals surface area contributed by atoms with Crippen LogP contribution < -0.4 is 10.1 Å². The summed E-state index contributed by atoms with van der Waals surface area (Å²) in [7, 11) is 0. The molecule has 0 amide bonds. The Balaban J connectivity index is 1.87. The molecule has 0 aromatic carbocycles. The quantitative estimate of drug-likeness (QED) is 0.843. The lowest BCUT2D eigenvalue weighted by Crippen LogP contribution is -2.24. The monoisotopic (exact) mass is 250 g/mol. The SMILES string of the molecule is CCCOc1cccnc1NCC1CCCOC1. The number of anilines is 1. The van der Waals surface area contributed by atoms with Gasteiger partial charge in [-0.25, -0.2) is 4.98 Å². The zero-order valence-electron chi connectivity index (χ0n) is 11.0. The molecule has 1 fully saturated rings. The molecule has 1 N–H and O–H groups in total. The third-order valence-corrected chi connectivity index (χ3v) is 3.05. The predicted octanol–water partition coefficient (Wildman–Crippen LogP) is 2.71. The number of rotatable bonds is 6. The van der Waals surface area contributed by atoms with E-state index in [1.807, 2.05) is 12.1 Å². The van der Waals surface area contributed by atoms with E-state index in [0.717, 1.165) is 50.8 Å². The highest BCUT2D eigenvalue weighted by atomic mass is 16.5. The van der Waals surface area contributed by atoms with Crippen molar-refractivity contribution in [3.05, 3.63) is 18.3 Å². The number of hydrogen-bond acceptors (Lipinski definition) is 4. The lowest BCUT2D eigenvalue weighted by Gasteiger charge is -2.22. The Labute approximate surface area is 109 Å². The Morgan fingerprint density at radius 2 is 2.50 bits per heavy atom. The molecule has 18 heavy (non-hydrogen) atoms. The van der Waals surface area contributed by atoms with Crippen LogP contribution in [0.25, 0.3) is 0 Å². The zero-order chi connectivity index (χ0) is 12.6. The molecule has 2 heterocycles. The summed E-state index contributed by atoms with van der Waals surface area (Å²) in [6.07, 6.45) is 5.18. The van der Waals surface area contributed by atoms with Crippen LogP contribution in [0, 0.1) is 5.92 Å². The van der Waals surface area contributed by atoms with Crippen LogP contribution in [-0.2, 0) is 4.74 Å². The molecule has 1 unspecified atom stereocenters. The lowest BCUT2D eigenvalue weighted by molar-refractivity contribution is 0.0594. The molecule has 0 bridgehead atoms. The van der Waals surface area contributed by atoms with E-state index in [0.29, 0.717) is 5.92 Å². The molecule has 0 spiro atoms. The number of aromatic nitrogens is 1. The highest BCUT2D eigenvalue weighted by Crippen LogP contribution is 2.22. The van der Waals surface area contributed by atoms with Gasteiger partial charge < -0.3 is 14.8 Å². The summed E-state index contributed by atoms with van der Waals surface area (Å²) in [5.41, 5.74) is 0. The summed E-state index contributed by atoms with van der Waals surface area (Å²) in [5, 5.41) is 3.38. The minimum atomic E-state index is 0.583. The third kappa shape index (κ3) is 3.88. The van der Waals surface area contributed by atoms with Gasteiger partial charge in [0.05, 0.1) is 13.2 Å². The number of ether oxygens (including phenoxy) is 2. The second kappa shape index (κ2) is 7.21. The molecule has 4 heteroatoms. The van der Waals surface area contributed by atoms with Crippen LogP contribution in [0.15, 0.2) is 18.3 Å². The molecule has 2 rings (SSSR count). The average Bonchev–Trinajstić information content (AvgIpc) is 2.45. The molecule has 0 saturated carbocycles. The van der Waals surface area contributed by atoms with E-state index >= 15 is 0 Å². The normalized spacial score (nSPS) is 19.5. The first kappa shape index (κ1) is 13.1. The number of hydrogen-bond donors (Lipinski definition) is 1. The fraction of sp³-hybridized carbons (Fsp3) is 0.643. The molecule has 1 saturated heterocycles. The summed E-state index contributed by atoms with van der Waals surface area (Å²) in [6.45, 7) is 5.49. The summed E-state index contributed by atoms with van der Waals surface area (Å²) in [4.78, 5) is 4.34. The first-order chi connectivity index (χ1) is 8.90. The maximum atomic E-state index is 5.67. The van der Waals surface area contributed by atoms with E-state index in [-0.39, 0.29) is 0 Å². The van der Waals surface area contributed by atoms with Crippen LogP contribution in [0.5, 0.6) is 5.75 Å². The fourth-order valence-corrected chi connectivity index (χ4v) is 2.06. The highest BCUT2D eigenvalue weighted by molar-refractivity contribution is 5.49. The largest absolute Gasteiger partial charge is 0.490 e. The van der Waals surface area contributed by atoms with E-state index in [4.69, 9.17) is 9.47 Å². The van der Waals surface area contributed by atoms with Crippen molar-refractivity contribution in [3.8, 4) is 5.75 Å². The molecular formula is C14H22N2O2. The van der Waals surface area contributed by atoms with Crippen LogP contribution >= 0.6 is 0 Å². The summed E-state index contributed by atoms with van der Waals surface area (Å²) >= 11 is 0. The summed E-state index contributed by atoms with van der Waals surface area (Å²) < 4.78 is 11.1. The van der Waals surface area contributed by atoms with Gasteiger partial charge in [0.15, 0.2) is 11.6 Å². The maximum absolute atomic E-state index is 5.67. The van der Waals surface area contributed by atoms with Crippen molar-refractivity contribution >= 4 is 5.82 Å². The summed E-state index contributed by atoms with van der Waals surface area (Å²) in [6, 6.07) is 3.86. The van der Waals surface area contributed by atoms with Crippen molar-refractivity contribution in [2.45, 2.75) is 26.2 Å². The van der Waals surface area contributed by atoms with Crippen molar-refractivity contribution < 1.29 is 9.47 Å². The fourth-order valence-electron chi connectivity index (χ4n) is 2.06. The van der Waals surface area contributed by atoms with Gasteiger partial charge in [-0.3, -0.25) is 0 Å². The van der Waals surface area contributed by atoms with E-state index in [2.05, 4.69) is 17.2 Å². The number of pyridine rings is 1. The second-order valence-corrected chi connectivity index (χ2v) is 4.66. The molecule has 100 valence electrons. The van der Waals surface area contributed by atoms with Gasteiger partial charge in [0.2, 0.25) is 0 Å². The van der Waals surface area contributed by atoms with Crippen molar-refractivity contribution in [1.29, 1.82) is 0 Å². The van der Waals surface area contributed by atoms with Gasteiger partial charge in [0.25, 0.3) is 0 Å². The van der Waals surface area contributed by atoms with Crippen molar-refractivity contribution in [1.82, 2.24) is 4.98 Å². The van der Waals surface area contributed by atoms with Crippen LogP contribution in [-0.4, -0.2) is 31.3 Å². The highest BCUT2D eigenvalue weighted by Gasteiger charge is 2.14. The van der Waals surface area contributed by atoms with Gasteiger partial charge in [0, 0.05) is 19.3 Å². The minimum Gasteiger partial charge on any atom is -0.490 e. The van der Waals surface area contributed by atoms with E-state index in [1.54, 1.807) is 6.20 Å².